The summed E-state index contributed by atoms with van der Waals surface area (Å²) in [6.07, 6.45) is 0.0648. The maximum Gasteiger partial charge on any atom is 0.177 e. The van der Waals surface area contributed by atoms with Gasteiger partial charge in [-0.3, -0.25) is 4.79 Å². The number of ketones is 1. The van der Waals surface area contributed by atoms with Gasteiger partial charge >= 0.3 is 0 Å². The molecule has 1 aromatic carbocycles. The van der Waals surface area contributed by atoms with E-state index in [4.69, 9.17) is 21.1 Å². The Morgan fingerprint density at radius 3 is 2.17 bits per heavy atom. The number of carbonyl (C=O) groups is 1. The zero-order chi connectivity index (χ0) is 13.7. The Hall–Kier alpha value is -1.22. The second-order valence-corrected chi connectivity index (χ2v) is 4.82. The van der Waals surface area contributed by atoms with Crippen LogP contribution in [-0.2, 0) is 0 Å². The lowest BCUT2D eigenvalue weighted by atomic mass is 10.1. The van der Waals surface area contributed by atoms with E-state index >= 15 is 0 Å². The Kier molecular flexibility index (Phi) is 5.48. The summed E-state index contributed by atoms with van der Waals surface area (Å²) in [5, 5.41) is 0. The van der Waals surface area contributed by atoms with Crippen molar-refractivity contribution >= 4 is 17.4 Å². The number of hydrogen-bond donors (Lipinski definition) is 0. The lowest BCUT2D eigenvalue weighted by molar-refractivity contribution is 0.102. The molecule has 0 aliphatic carbocycles. The van der Waals surface area contributed by atoms with Gasteiger partial charge in [0.25, 0.3) is 0 Å². The first-order chi connectivity index (χ1) is 8.43. The van der Waals surface area contributed by atoms with Gasteiger partial charge in [-0.2, -0.15) is 0 Å². The van der Waals surface area contributed by atoms with Crippen LogP contribution in [0, 0.1) is 0 Å². The largest absolute Gasteiger partial charge is 0.487 e. The predicted molar refractivity (Wildman–Crippen MR) is 73.0 cm³/mol. The number of Topliss-reactive ketones (excluding diaryl/α,β-unsaturated/α-hetero) is 1. The highest BCUT2D eigenvalue weighted by molar-refractivity contribution is 6.30. The van der Waals surface area contributed by atoms with Crippen LogP contribution >= 0.6 is 11.6 Å². The molecule has 0 aliphatic rings. The third-order valence-corrected chi connectivity index (χ3v) is 2.36. The topological polar surface area (TPSA) is 35.5 Å². The van der Waals surface area contributed by atoms with E-state index in [1.807, 2.05) is 27.7 Å². The van der Waals surface area contributed by atoms with Crippen LogP contribution in [0.25, 0.3) is 0 Å². The molecule has 18 heavy (non-hydrogen) atoms. The first kappa shape index (κ1) is 14.8. The molecule has 0 bridgehead atoms. The van der Waals surface area contributed by atoms with Gasteiger partial charge in [0.05, 0.1) is 18.1 Å². The molecular formula is C14H19ClO3. The average Bonchev–Trinajstić information content (AvgIpc) is 2.29. The van der Waals surface area contributed by atoms with Crippen molar-refractivity contribution in [2.45, 2.75) is 39.9 Å². The summed E-state index contributed by atoms with van der Waals surface area (Å²) >= 11 is 5.55. The standard InChI is InChI=1S/C14H19ClO3/c1-9(2)17-13-6-5-11(12(16)8-15)7-14(13)18-10(3)4/h5-7,9-10H,8H2,1-4H3. The molecule has 0 fully saturated rings. The Labute approximate surface area is 113 Å². The van der Waals surface area contributed by atoms with Gasteiger partial charge in [0.1, 0.15) is 0 Å². The summed E-state index contributed by atoms with van der Waals surface area (Å²) in [7, 11) is 0. The normalized spacial score (nSPS) is 10.8. The molecule has 0 atom stereocenters. The van der Waals surface area contributed by atoms with Gasteiger partial charge < -0.3 is 9.47 Å². The van der Waals surface area contributed by atoms with Crippen LogP contribution in [0.4, 0.5) is 0 Å². The molecule has 0 heterocycles. The van der Waals surface area contributed by atoms with E-state index in [1.165, 1.54) is 0 Å². The Bertz CT molecular complexity index is 414. The highest BCUT2D eigenvalue weighted by atomic mass is 35.5. The van der Waals surface area contributed by atoms with Crippen LogP contribution in [-0.4, -0.2) is 23.9 Å². The number of ether oxygens (including phenoxy) is 2. The summed E-state index contributed by atoms with van der Waals surface area (Å²) in [5.41, 5.74) is 0.539. The van der Waals surface area contributed by atoms with Crippen LogP contribution in [0.2, 0.25) is 0 Å². The van der Waals surface area contributed by atoms with Gasteiger partial charge in [-0.05, 0) is 45.9 Å². The molecule has 0 saturated heterocycles. The summed E-state index contributed by atoms with van der Waals surface area (Å²) in [4.78, 5) is 11.6. The fourth-order valence-corrected chi connectivity index (χ4v) is 1.61. The van der Waals surface area contributed by atoms with Crippen molar-refractivity contribution in [1.29, 1.82) is 0 Å². The molecular weight excluding hydrogens is 252 g/mol. The molecule has 0 unspecified atom stereocenters. The van der Waals surface area contributed by atoms with Crippen molar-refractivity contribution in [3.05, 3.63) is 23.8 Å². The molecule has 1 aromatic rings. The zero-order valence-electron chi connectivity index (χ0n) is 11.2. The summed E-state index contributed by atoms with van der Waals surface area (Å²) in [6.45, 7) is 7.73. The van der Waals surface area contributed by atoms with E-state index in [-0.39, 0.29) is 23.9 Å². The van der Waals surface area contributed by atoms with Crippen LogP contribution < -0.4 is 9.47 Å². The Morgan fingerprint density at radius 1 is 1.11 bits per heavy atom. The third-order valence-electron chi connectivity index (χ3n) is 2.11. The molecule has 0 saturated carbocycles. The van der Waals surface area contributed by atoms with Gasteiger partial charge in [-0.15, -0.1) is 11.6 Å². The quantitative estimate of drug-likeness (QED) is 0.584. The van der Waals surface area contributed by atoms with Gasteiger partial charge in [0.2, 0.25) is 0 Å². The SMILES string of the molecule is CC(C)Oc1ccc(C(=O)CCl)cc1OC(C)C. The van der Waals surface area contributed by atoms with Gasteiger partial charge in [-0.25, -0.2) is 0 Å². The molecule has 0 aromatic heterocycles. The van der Waals surface area contributed by atoms with Crippen LogP contribution in [0.15, 0.2) is 18.2 Å². The van der Waals surface area contributed by atoms with Crippen molar-refractivity contribution in [1.82, 2.24) is 0 Å². The van der Waals surface area contributed by atoms with Gasteiger partial charge in [0.15, 0.2) is 17.3 Å². The summed E-state index contributed by atoms with van der Waals surface area (Å²) in [5.74, 6) is 1.06. The summed E-state index contributed by atoms with van der Waals surface area (Å²) in [6, 6.07) is 5.13. The highest BCUT2D eigenvalue weighted by Crippen LogP contribution is 2.30. The lowest BCUT2D eigenvalue weighted by Crippen LogP contribution is -2.12. The minimum atomic E-state index is -0.124. The third kappa shape index (κ3) is 4.22. The van der Waals surface area contributed by atoms with Crippen LogP contribution in [0.3, 0.4) is 0 Å². The van der Waals surface area contributed by atoms with E-state index in [1.54, 1.807) is 18.2 Å². The maximum atomic E-state index is 11.6. The first-order valence-corrected chi connectivity index (χ1v) is 6.54. The molecule has 4 heteroatoms. The Balaban J connectivity index is 3.07. The monoisotopic (exact) mass is 270 g/mol. The minimum Gasteiger partial charge on any atom is -0.487 e. The average molecular weight is 271 g/mol. The van der Waals surface area contributed by atoms with E-state index in [0.717, 1.165) is 0 Å². The van der Waals surface area contributed by atoms with Crippen molar-refractivity contribution in [3.63, 3.8) is 0 Å². The van der Waals surface area contributed by atoms with Crippen molar-refractivity contribution in [3.8, 4) is 11.5 Å². The van der Waals surface area contributed by atoms with Crippen LogP contribution in [0.5, 0.6) is 11.5 Å². The number of halogens is 1. The van der Waals surface area contributed by atoms with E-state index in [9.17, 15) is 4.79 Å². The first-order valence-electron chi connectivity index (χ1n) is 6.00. The van der Waals surface area contributed by atoms with Crippen molar-refractivity contribution in [2.24, 2.45) is 0 Å². The molecule has 3 nitrogen and oxygen atoms in total. The predicted octanol–water partition coefficient (Wildman–Crippen LogP) is 3.68. The van der Waals surface area contributed by atoms with E-state index < -0.39 is 0 Å². The van der Waals surface area contributed by atoms with Gasteiger partial charge in [0, 0.05) is 5.56 Å². The fourth-order valence-electron chi connectivity index (χ4n) is 1.46. The molecule has 100 valence electrons. The molecule has 0 spiro atoms. The number of hydrogen-bond acceptors (Lipinski definition) is 3. The highest BCUT2D eigenvalue weighted by Gasteiger charge is 2.13. The van der Waals surface area contributed by atoms with E-state index in [0.29, 0.717) is 17.1 Å². The van der Waals surface area contributed by atoms with E-state index in [2.05, 4.69) is 0 Å². The number of benzene rings is 1. The fraction of sp³-hybridized carbons (Fsp3) is 0.500. The van der Waals surface area contributed by atoms with Crippen molar-refractivity contribution < 1.29 is 14.3 Å². The maximum absolute atomic E-state index is 11.6. The minimum absolute atomic E-state index is 0.0147. The Morgan fingerprint density at radius 2 is 1.67 bits per heavy atom. The second kappa shape index (κ2) is 6.64. The molecule has 1 rings (SSSR count). The number of carbonyl (C=O) groups excluding carboxylic acids is 1. The summed E-state index contributed by atoms with van der Waals surface area (Å²) < 4.78 is 11.3. The second-order valence-electron chi connectivity index (χ2n) is 4.55. The molecule has 0 radical (unpaired) electrons. The van der Waals surface area contributed by atoms with Crippen LogP contribution in [0.1, 0.15) is 38.1 Å². The van der Waals surface area contributed by atoms with Crippen molar-refractivity contribution in [2.75, 3.05) is 5.88 Å². The molecule has 0 N–H and O–H groups in total. The number of rotatable bonds is 6. The smallest absolute Gasteiger partial charge is 0.177 e. The molecule has 0 amide bonds. The number of alkyl halides is 1. The van der Waals surface area contributed by atoms with Gasteiger partial charge in [-0.1, -0.05) is 0 Å². The lowest BCUT2D eigenvalue weighted by Gasteiger charge is -2.17. The molecule has 0 aliphatic heterocycles. The zero-order valence-corrected chi connectivity index (χ0v) is 12.0.